The molecule has 1 fully saturated rings. The molecule has 108 valence electrons. The van der Waals surface area contributed by atoms with Crippen LogP contribution < -0.4 is 5.32 Å². The number of carbonyl (C=O) groups excluding carboxylic acids is 1. The van der Waals surface area contributed by atoms with Crippen LogP contribution in [0.25, 0.3) is 0 Å². The first-order valence-electron chi connectivity index (χ1n) is 7.92. The van der Waals surface area contributed by atoms with E-state index in [1.54, 1.807) is 0 Å². The Hall–Kier alpha value is -1.51. The van der Waals surface area contributed by atoms with Crippen LogP contribution in [0.2, 0.25) is 0 Å². The highest BCUT2D eigenvalue weighted by Crippen LogP contribution is 2.28. The van der Waals surface area contributed by atoms with E-state index in [9.17, 15) is 4.79 Å². The second-order valence-electron chi connectivity index (χ2n) is 6.03. The molecule has 1 aromatic rings. The molecule has 0 bridgehead atoms. The summed E-state index contributed by atoms with van der Waals surface area (Å²) in [6.07, 6.45) is 5.59. The van der Waals surface area contributed by atoms with E-state index in [0.717, 1.165) is 25.9 Å². The summed E-state index contributed by atoms with van der Waals surface area (Å²) < 4.78 is 0. The van der Waals surface area contributed by atoms with Gasteiger partial charge >= 0.3 is 0 Å². The lowest BCUT2D eigenvalue weighted by atomic mass is 9.90. The topological polar surface area (TPSA) is 32.3 Å². The highest BCUT2D eigenvalue weighted by Gasteiger charge is 2.32. The number of likely N-dealkylation sites (tertiary alicyclic amines) is 1. The smallest absolute Gasteiger partial charge is 0.228 e. The zero-order valence-corrected chi connectivity index (χ0v) is 12.3. The summed E-state index contributed by atoms with van der Waals surface area (Å²) in [5.41, 5.74) is 2.48. The van der Waals surface area contributed by atoms with Crippen molar-refractivity contribution in [2.24, 2.45) is 5.92 Å². The Morgan fingerprint density at radius 3 is 3.05 bits per heavy atom. The Morgan fingerprint density at radius 1 is 1.35 bits per heavy atom. The number of nitrogens with zero attached hydrogens (tertiary/aromatic N) is 1. The van der Waals surface area contributed by atoms with Crippen LogP contribution in [-0.4, -0.2) is 29.9 Å². The Labute approximate surface area is 121 Å². The van der Waals surface area contributed by atoms with Crippen LogP contribution in [0.1, 0.15) is 38.2 Å². The molecule has 0 saturated carbocycles. The molecular formula is C17H24N2O. The van der Waals surface area contributed by atoms with Crippen molar-refractivity contribution in [1.82, 2.24) is 4.90 Å². The van der Waals surface area contributed by atoms with Gasteiger partial charge in [-0.15, -0.1) is 0 Å². The molecule has 0 radical (unpaired) electrons. The number of para-hydroxylation sites is 1. The van der Waals surface area contributed by atoms with E-state index in [-0.39, 0.29) is 5.92 Å². The van der Waals surface area contributed by atoms with E-state index >= 15 is 0 Å². The van der Waals surface area contributed by atoms with Crippen LogP contribution in [0.4, 0.5) is 5.69 Å². The lowest BCUT2D eigenvalue weighted by Gasteiger charge is -2.38. The second-order valence-corrected chi connectivity index (χ2v) is 6.03. The number of nitrogens with one attached hydrogen (secondary N) is 1. The summed E-state index contributed by atoms with van der Waals surface area (Å²) in [6, 6.07) is 8.81. The van der Waals surface area contributed by atoms with Gasteiger partial charge < -0.3 is 10.2 Å². The number of piperidine rings is 1. The highest BCUT2D eigenvalue weighted by atomic mass is 16.2. The molecule has 2 unspecified atom stereocenters. The molecule has 20 heavy (non-hydrogen) atoms. The van der Waals surface area contributed by atoms with E-state index in [4.69, 9.17) is 0 Å². The van der Waals surface area contributed by atoms with Gasteiger partial charge in [-0.3, -0.25) is 4.79 Å². The third kappa shape index (κ3) is 2.54. The molecule has 2 aliphatic heterocycles. The van der Waals surface area contributed by atoms with Gasteiger partial charge in [0, 0.05) is 24.8 Å². The molecule has 2 aliphatic rings. The first kappa shape index (κ1) is 13.5. The molecule has 3 rings (SSSR count). The van der Waals surface area contributed by atoms with Gasteiger partial charge in [-0.2, -0.15) is 0 Å². The van der Waals surface area contributed by atoms with Crippen molar-refractivity contribution in [3.8, 4) is 0 Å². The van der Waals surface area contributed by atoms with E-state index in [0.29, 0.717) is 11.9 Å². The van der Waals surface area contributed by atoms with Crippen molar-refractivity contribution in [2.45, 2.75) is 45.1 Å². The van der Waals surface area contributed by atoms with Gasteiger partial charge in [-0.25, -0.2) is 0 Å². The van der Waals surface area contributed by atoms with E-state index in [1.165, 1.54) is 30.5 Å². The minimum atomic E-state index is 0.108. The molecule has 1 N–H and O–H groups in total. The lowest BCUT2D eigenvalue weighted by molar-refractivity contribution is -0.139. The van der Waals surface area contributed by atoms with Crippen molar-refractivity contribution in [1.29, 1.82) is 0 Å². The largest absolute Gasteiger partial charge is 0.384 e. The maximum Gasteiger partial charge on any atom is 0.228 e. The van der Waals surface area contributed by atoms with Gasteiger partial charge in [-0.1, -0.05) is 25.1 Å². The van der Waals surface area contributed by atoms with Crippen molar-refractivity contribution in [3.63, 3.8) is 0 Å². The Bertz CT molecular complexity index is 486. The lowest BCUT2D eigenvalue weighted by Crippen LogP contribution is -2.48. The number of hydrogen-bond donors (Lipinski definition) is 1. The van der Waals surface area contributed by atoms with E-state index in [2.05, 4.69) is 35.3 Å². The fraction of sp³-hybridized carbons (Fsp3) is 0.588. The number of carbonyl (C=O) groups is 1. The molecule has 1 amide bonds. The highest BCUT2D eigenvalue weighted by molar-refractivity contribution is 5.81. The summed E-state index contributed by atoms with van der Waals surface area (Å²) in [7, 11) is 0. The molecule has 2 atom stereocenters. The molecule has 2 heterocycles. The average Bonchev–Trinajstić information content (AvgIpc) is 2.53. The Balaban J connectivity index is 1.72. The minimum absolute atomic E-state index is 0.108. The van der Waals surface area contributed by atoms with Crippen molar-refractivity contribution >= 4 is 11.6 Å². The van der Waals surface area contributed by atoms with Crippen molar-refractivity contribution < 1.29 is 4.79 Å². The van der Waals surface area contributed by atoms with Gasteiger partial charge in [0.25, 0.3) is 0 Å². The van der Waals surface area contributed by atoms with Crippen molar-refractivity contribution in [3.05, 3.63) is 29.8 Å². The molecular weight excluding hydrogens is 248 g/mol. The number of amides is 1. The number of fused-ring (bicyclic) bond motifs is 1. The quantitative estimate of drug-likeness (QED) is 0.897. The van der Waals surface area contributed by atoms with Gasteiger partial charge in [0.05, 0.1) is 5.92 Å². The fourth-order valence-corrected chi connectivity index (χ4v) is 3.57. The second kappa shape index (κ2) is 5.86. The summed E-state index contributed by atoms with van der Waals surface area (Å²) in [5.74, 6) is 0.468. The van der Waals surface area contributed by atoms with Crippen LogP contribution in [0.15, 0.2) is 24.3 Å². The molecule has 1 saturated heterocycles. The molecule has 0 spiro atoms. The molecule has 3 heteroatoms. The summed E-state index contributed by atoms with van der Waals surface area (Å²) in [5, 5.41) is 3.42. The minimum Gasteiger partial charge on any atom is -0.384 e. The Morgan fingerprint density at radius 2 is 2.20 bits per heavy atom. The predicted molar refractivity (Wildman–Crippen MR) is 81.8 cm³/mol. The standard InChI is InChI=1S/C17H24N2O/c1-2-15-8-5-6-10-19(15)17(20)14-11-13-7-3-4-9-16(13)18-12-14/h3-4,7,9,14-15,18H,2,5-6,8,10-12H2,1H3. The van der Waals surface area contributed by atoms with Crippen LogP contribution in [0.5, 0.6) is 0 Å². The van der Waals surface area contributed by atoms with Crippen LogP contribution >= 0.6 is 0 Å². The average molecular weight is 272 g/mol. The fourth-order valence-electron chi connectivity index (χ4n) is 3.57. The van der Waals surface area contributed by atoms with Crippen LogP contribution in [0, 0.1) is 5.92 Å². The van der Waals surface area contributed by atoms with Crippen molar-refractivity contribution in [2.75, 3.05) is 18.4 Å². The first-order chi connectivity index (χ1) is 9.79. The number of hydrogen-bond acceptors (Lipinski definition) is 2. The summed E-state index contributed by atoms with van der Waals surface area (Å²) >= 11 is 0. The van der Waals surface area contributed by atoms with Gasteiger partial charge in [0.2, 0.25) is 5.91 Å². The SMILES string of the molecule is CCC1CCCCN1C(=O)C1CNc2ccccc2C1. The maximum atomic E-state index is 12.8. The van der Waals surface area contributed by atoms with Gasteiger partial charge in [-0.05, 0) is 43.7 Å². The summed E-state index contributed by atoms with van der Waals surface area (Å²) in [6.45, 7) is 3.93. The maximum absolute atomic E-state index is 12.8. The number of anilines is 1. The van der Waals surface area contributed by atoms with Gasteiger partial charge in [0.1, 0.15) is 0 Å². The van der Waals surface area contributed by atoms with E-state index in [1.807, 2.05) is 6.07 Å². The zero-order chi connectivity index (χ0) is 13.9. The van der Waals surface area contributed by atoms with Crippen LogP contribution in [-0.2, 0) is 11.2 Å². The third-order valence-electron chi connectivity index (χ3n) is 4.75. The predicted octanol–water partition coefficient (Wildman–Crippen LogP) is 3.06. The Kier molecular flexibility index (Phi) is 3.95. The normalized spacial score (nSPS) is 25.8. The summed E-state index contributed by atoms with van der Waals surface area (Å²) in [4.78, 5) is 15.0. The molecule has 3 nitrogen and oxygen atoms in total. The van der Waals surface area contributed by atoms with Gasteiger partial charge in [0.15, 0.2) is 0 Å². The monoisotopic (exact) mass is 272 g/mol. The van der Waals surface area contributed by atoms with Crippen LogP contribution in [0.3, 0.4) is 0 Å². The first-order valence-corrected chi connectivity index (χ1v) is 7.92. The number of benzene rings is 1. The molecule has 0 aromatic heterocycles. The third-order valence-corrected chi connectivity index (χ3v) is 4.75. The number of rotatable bonds is 2. The molecule has 0 aliphatic carbocycles. The van der Waals surface area contributed by atoms with E-state index < -0.39 is 0 Å². The zero-order valence-electron chi connectivity index (χ0n) is 12.3. The molecule has 1 aromatic carbocycles.